The summed E-state index contributed by atoms with van der Waals surface area (Å²) < 4.78 is 6.89. The molecule has 2 N–H and O–H groups in total. The van der Waals surface area contributed by atoms with Gasteiger partial charge in [-0.2, -0.15) is 4.98 Å². The van der Waals surface area contributed by atoms with Crippen LogP contribution in [0, 0.1) is 0 Å². The summed E-state index contributed by atoms with van der Waals surface area (Å²) in [5.41, 5.74) is 9.64. The van der Waals surface area contributed by atoms with Gasteiger partial charge in [0.05, 0.1) is 16.8 Å². The van der Waals surface area contributed by atoms with Crippen LogP contribution in [0.15, 0.2) is 36.5 Å². The van der Waals surface area contributed by atoms with Crippen molar-refractivity contribution < 1.29 is 4.52 Å². The third-order valence-electron chi connectivity index (χ3n) is 2.41. The third-order valence-corrected chi connectivity index (χ3v) is 4.11. The predicted octanol–water partition coefficient (Wildman–Crippen LogP) is 3.97. The van der Waals surface area contributed by atoms with E-state index in [0.717, 1.165) is 8.95 Å². The molecular formula is C11H6Br2N4OS. The van der Waals surface area contributed by atoms with Crippen molar-refractivity contribution in [2.75, 3.05) is 5.73 Å². The molecule has 0 aliphatic heterocycles. The molecule has 1 aromatic carbocycles. The van der Waals surface area contributed by atoms with Crippen LogP contribution < -0.4 is 5.73 Å². The van der Waals surface area contributed by atoms with E-state index in [1.54, 1.807) is 5.51 Å². The number of hydrogen-bond acceptors (Lipinski definition) is 6. The van der Waals surface area contributed by atoms with Crippen LogP contribution in [-0.2, 0) is 0 Å². The van der Waals surface area contributed by atoms with Crippen LogP contribution in [0.4, 0.5) is 5.69 Å². The Labute approximate surface area is 129 Å². The number of rotatable bonds is 2. The summed E-state index contributed by atoms with van der Waals surface area (Å²) >= 11 is 8.26. The normalized spacial score (nSPS) is 10.8. The molecule has 0 bridgehead atoms. The van der Waals surface area contributed by atoms with Crippen molar-refractivity contribution in [3.63, 3.8) is 0 Å². The van der Waals surface area contributed by atoms with Crippen molar-refractivity contribution in [2.45, 2.75) is 0 Å². The van der Waals surface area contributed by atoms with Crippen LogP contribution in [0.2, 0.25) is 0 Å². The lowest BCUT2D eigenvalue weighted by Gasteiger charge is -2.04. The molecule has 0 atom stereocenters. The fraction of sp³-hybridized carbons (Fsp3) is 0. The third kappa shape index (κ3) is 2.43. The van der Waals surface area contributed by atoms with Crippen molar-refractivity contribution in [3.8, 4) is 23.0 Å². The van der Waals surface area contributed by atoms with Crippen molar-refractivity contribution in [3.05, 3.63) is 32.0 Å². The molecule has 0 saturated carbocycles. The maximum absolute atomic E-state index is 6.00. The second kappa shape index (κ2) is 5.03. The zero-order chi connectivity index (χ0) is 13.4. The van der Waals surface area contributed by atoms with E-state index >= 15 is 0 Å². The molecule has 8 heteroatoms. The molecular weight excluding hydrogens is 396 g/mol. The second-order valence-corrected chi connectivity index (χ2v) is 6.13. The van der Waals surface area contributed by atoms with E-state index in [1.807, 2.05) is 17.5 Å². The Kier molecular flexibility index (Phi) is 3.38. The zero-order valence-electron chi connectivity index (χ0n) is 9.30. The number of nitrogens with zero attached hydrogens (tertiary/aromatic N) is 3. The first-order valence-electron chi connectivity index (χ1n) is 5.12. The smallest absolute Gasteiger partial charge is 0.260 e. The van der Waals surface area contributed by atoms with E-state index in [1.165, 1.54) is 11.3 Å². The van der Waals surface area contributed by atoms with E-state index in [-0.39, 0.29) is 0 Å². The number of anilines is 1. The van der Waals surface area contributed by atoms with Crippen LogP contribution in [0.5, 0.6) is 0 Å². The highest BCUT2D eigenvalue weighted by molar-refractivity contribution is 9.11. The quantitative estimate of drug-likeness (QED) is 0.657. The van der Waals surface area contributed by atoms with Crippen LogP contribution in [-0.4, -0.2) is 15.1 Å². The molecule has 2 aromatic heterocycles. The first-order chi connectivity index (χ1) is 9.15. The van der Waals surface area contributed by atoms with Crippen LogP contribution >= 0.6 is 43.2 Å². The van der Waals surface area contributed by atoms with Gasteiger partial charge < -0.3 is 10.3 Å². The zero-order valence-corrected chi connectivity index (χ0v) is 13.3. The van der Waals surface area contributed by atoms with Gasteiger partial charge in [0.15, 0.2) is 0 Å². The van der Waals surface area contributed by atoms with E-state index in [0.29, 0.717) is 28.7 Å². The average Bonchev–Trinajstić information content (AvgIpc) is 3.03. The molecule has 3 rings (SSSR count). The van der Waals surface area contributed by atoms with Gasteiger partial charge in [0.1, 0.15) is 5.69 Å². The first kappa shape index (κ1) is 12.8. The summed E-state index contributed by atoms with van der Waals surface area (Å²) in [6, 6.07) is 3.69. The van der Waals surface area contributed by atoms with Gasteiger partial charge in [0.2, 0.25) is 5.82 Å². The van der Waals surface area contributed by atoms with Crippen molar-refractivity contribution in [2.24, 2.45) is 0 Å². The molecule has 2 heterocycles. The molecule has 19 heavy (non-hydrogen) atoms. The Bertz CT molecular complexity index is 726. The first-order valence-corrected chi connectivity index (χ1v) is 7.65. The highest BCUT2D eigenvalue weighted by atomic mass is 79.9. The lowest BCUT2D eigenvalue weighted by molar-refractivity contribution is 0.432. The number of nitrogens with two attached hydrogens (primary N) is 1. The van der Waals surface area contributed by atoms with Gasteiger partial charge in [-0.3, -0.25) is 0 Å². The molecule has 0 amide bonds. The summed E-state index contributed by atoms with van der Waals surface area (Å²) in [6.45, 7) is 0. The highest BCUT2D eigenvalue weighted by Gasteiger charge is 2.16. The Morgan fingerprint density at radius 1 is 1.26 bits per heavy atom. The Balaban J connectivity index is 2.09. The number of aromatic nitrogens is 3. The van der Waals surface area contributed by atoms with Gasteiger partial charge >= 0.3 is 0 Å². The fourth-order valence-corrected chi connectivity index (χ4v) is 3.28. The summed E-state index contributed by atoms with van der Waals surface area (Å²) in [5.74, 6) is 0.814. The maximum Gasteiger partial charge on any atom is 0.260 e. The molecule has 0 unspecified atom stereocenters. The van der Waals surface area contributed by atoms with E-state index in [9.17, 15) is 0 Å². The van der Waals surface area contributed by atoms with Gasteiger partial charge in [-0.05, 0) is 28.1 Å². The lowest BCUT2D eigenvalue weighted by atomic mass is 10.2. The van der Waals surface area contributed by atoms with Gasteiger partial charge in [0, 0.05) is 14.3 Å². The van der Waals surface area contributed by atoms with E-state index in [2.05, 4.69) is 47.0 Å². The molecule has 0 saturated heterocycles. The fourth-order valence-electron chi connectivity index (χ4n) is 1.52. The summed E-state index contributed by atoms with van der Waals surface area (Å²) in [4.78, 5) is 8.45. The number of benzene rings is 1. The summed E-state index contributed by atoms with van der Waals surface area (Å²) in [6.07, 6.45) is 0. The van der Waals surface area contributed by atoms with Crippen molar-refractivity contribution in [1.82, 2.24) is 15.1 Å². The number of halogens is 2. The van der Waals surface area contributed by atoms with E-state index in [4.69, 9.17) is 10.3 Å². The molecule has 96 valence electrons. The Hall–Kier alpha value is -1.25. The Morgan fingerprint density at radius 3 is 2.84 bits per heavy atom. The highest BCUT2D eigenvalue weighted by Crippen LogP contribution is 2.35. The van der Waals surface area contributed by atoms with Crippen molar-refractivity contribution in [1.29, 1.82) is 0 Å². The molecule has 3 aromatic rings. The molecule has 0 radical (unpaired) electrons. The largest absolute Gasteiger partial charge is 0.397 e. The lowest BCUT2D eigenvalue weighted by Crippen LogP contribution is -1.92. The minimum absolute atomic E-state index is 0.363. The molecule has 5 nitrogen and oxygen atoms in total. The van der Waals surface area contributed by atoms with Crippen LogP contribution in [0.25, 0.3) is 23.0 Å². The minimum Gasteiger partial charge on any atom is -0.397 e. The van der Waals surface area contributed by atoms with Crippen molar-refractivity contribution >= 4 is 48.9 Å². The van der Waals surface area contributed by atoms with Gasteiger partial charge in [0.25, 0.3) is 5.89 Å². The monoisotopic (exact) mass is 400 g/mol. The van der Waals surface area contributed by atoms with Crippen LogP contribution in [0.1, 0.15) is 0 Å². The standard InChI is InChI=1S/C11H6Br2N4OS/c12-5-1-6(9(14)7(13)2-5)11-16-10(17-18-11)8-3-19-4-15-8/h1-4H,14H2. The van der Waals surface area contributed by atoms with Crippen LogP contribution in [0.3, 0.4) is 0 Å². The predicted molar refractivity (Wildman–Crippen MR) is 80.7 cm³/mol. The second-order valence-electron chi connectivity index (χ2n) is 3.65. The summed E-state index contributed by atoms with van der Waals surface area (Å²) in [7, 11) is 0. The average molecular weight is 402 g/mol. The topological polar surface area (TPSA) is 77.8 Å². The number of nitrogen functional groups attached to an aromatic ring is 1. The molecule has 0 aliphatic carbocycles. The number of thiazole rings is 1. The van der Waals surface area contributed by atoms with E-state index < -0.39 is 0 Å². The van der Waals surface area contributed by atoms with Gasteiger partial charge in [-0.1, -0.05) is 21.1 Å². The SMILES string of the molecule is Nc1c(Br)cc(Br)cc1-c1nc(-c2cscn2)no1. The maximum atomic E-state index is 6.00. The van der Waals surface area contributed by atoms with Gasteiger partial charge in [-0.15, -0.1) is 11.3 Å². The Morgan fingerprint density at radius 2 is 2.11 bits per heavy atom. The number of hydrogen-bond donors (Lipinski definition) is 1. The minimum atomic E-state index is 0.363. The summed E-state index contributed by atoms with van der Waals surface area (Å²) in [5, 5.41) is 5.76. The molecule has 0 spiro atoms. The van der Waals surface area contributed by atoms with Gasteiger partial charge in [-0.25, -0.2) is 4.98 Å². The molecule has 0 aliphatic rings. The molecule has 0 fully saturated rings.